The zero-order valence-electron chi connectivity index (χ0n) is 10.4. The number of carbonyl (C=O) groups excluding carboxylic acids is 1. The Morgan fingerprint density at radius 3 is 2.72 bits per heavy atom. The maximum absolute atomic E-state index is 12.2. The third-order valence-corrected chi connectivity index (χ3v) is 2.73. The molecule has 4 heteroatoms. The number of ketones is 1. The van der Waals surface area contributed by atoms with Crippen LogP contribution in [0.1, 0.15) is 28.8 Å². The van der Waals surface area contributed by atoms with Crippen molar-refractivity contribution in [2.24, 2.45) is 0 Å². The highest BCUT2D eigenvalue weighted by Crippen LogP contribution is 2.24. The first-order valence-corrected chi connectivity index (χ1v) is 5.72. The molecule has 4 nitrogen and oxygen atoms in total. The summed E-state index contributed by atoms with van der Waals surface area (Å²) in [5, 5.41) is 0. The van der Waals surface area contributed by atoms with E-state index in [1.807, 2.05) is 13.0 Å². The van der Waals surface area contributed by atoms with Crippen LogP contribution in [0, 0.1) is 0 Å². The van der Waals surface area contributed by atoms with Crippen LogP contribution in [0.2, 0.25) is 0 Å². The second-order valence-electron chi connectivity index (χ2n) is 3.91. The molecule has 0 fully saturated rings. The van der Waals surface area contributed by atoms with E-state index in [1.165, 1.54) is 7.11 Å². The highest BCUT2D eigenvalue weighted by Gasteiger charge is 2.15. The molecule has 18 heavy (non-hydrogen) atoms. The summed E-state index contributed by atoms with van der Waals surface area (Å²) in [7, 11) is 1.52. The van der Waals surface area contributed by atoms with E-state index in [2.05, 4.69) is 0 Å². The average molecular weight is 245 g/mol. The van der Waals surface area contributed by atoms with E-state index in [1.54, 1.807) is 24.3 Å². The monoisotopic (exact) mass is 245 g/mol. The number of rotatable bonds is 4. The Labute approximate surface area is 105 Å². The van der Waals surface area contributed by atoms with Gasteiger partial charge < -0.3 is 14.9 Å². The zero-order valence-corrected chi connectivity index (χ0v) is 10.4. The van der Waals surface area contributed by atoms with Crippen LogP contribution >= 0.6 is 0 Å². The smallest absolute Gasteiger partial charge is 0.228 e. The molecule has 94 valence electrons. The summed E-state index contributed by atoms with van der Waals surface area (Å²) in [6.07, 6.45) is 0.762. The van der Waals surface area contributed by atoms with Crippen molar-refractivity contribution in [3.05, 3.63) is 47.4 Å². The van der Waals surface area contributed by atoms with Crippen LogP contribution in [0.4, 0.5) is 5.69 Å². The Bertz CT molecular complexity index is 572. The van der Waals surface area contributed by atoms with Crippen molar-refractivity contribution in [1.82, 2.24) is 0 Å². The molecule has 0 saturated carbocycles. The van der Waals surface area contributed by atoms with Gasteiger partial charge in [-0.1, -0.05) is 6.92 Å². The average Bonchev–Trinajstić information content (AvgIpc) is 2.87. The predicted molar refractivity (Wildman–Crippen MR) is 68.9 cm³/mol. The first-order chi connectivity index (χ1) is 8.65. The summed E-state index contributed by atoms with van der Waals surface area (Å²) in [6.45, 7) is 1.97. The van der Waals surface area contributed by atoms with E-state index in [-0.39, 0.29) is 5.78 Å². The third kappa shape index (κ3) is 2.22. The first kappa shape index (κ1) is 12.2. The maximum atomic E-state index is 12.2. The van der Waals surface area contributed by atoms with Crippen LogP contribution in [0.25, 0.3) is 0 Å². The predicted octanol–water partition coefficient (Wildman–Crippen LogP) is 2.66. The second-order valence-corrected chi connectivity index (χ2v) is 3.91. The van der Waals surface area contributed by atoms with Gasteiger partial charge in [0.1, 0.15) is 11.5 Å². The molecule has 0 atom stereocenters. The minimum absolute atomic E-state index is 0.173. The number of anilines is 1. The molecule has 2 rings (SSSR count). The molecule has 0 aliphatic rings. The Kier molecular flexibility index (Phi) is 3.37. The number of hydrogen-bond donors (Lipinski definition) is 1. The maximum Gasteiger partial charge on any atom is 0.228 e. The fourth-order valence-corrected chi connectivity index (χ4v) is 1.68. The minimum Gasteiger partial charge on any atom is -0.495 e. The molecule has 1 heterocycles. The minimum atomic E-state index is -0.173. The van der Waals surface area contributed by atoms with Gasteiger partial charge in [0.2, 0.25) is 5.78 Å². The number of aryl methyl sites for hydroxylation is 1. The number of furan rings is 1. The molecule has 2 aromatic rings. The number of ether oxygens (including phenoxy) is 1. The van der Waals surface area contributed by atoms with E-state index >= 15 is 0 Å². The lowest BCUT2D eigenvalue weighted by atomic mass is 10.1. The summed E-state index contributed by atoms with van der Waals surface area (Å²) < 4.78 is 10.5. The van der Waals surface area contributed by atoms with Gasteiger partial charge in [0.15, 0.2) is 5.76 Å². The highest BCUT2D eigenvalue weighted by molar-refractivity contribution is 6.07. The van der Waals surface area contributed by atoms with E-state index in [4.69, 9.17) is 14.9 Å². The molecule has 0 radical (unpaired) electrons. The summed E-state index contributed by atoms with van der Waals surface area (Å²) >= 11 is 0. The Balaban J connectivity index is 2.33. The van der Waals surface area contributed by atoms with Crippen LogP contribution in [0.3, 0.4) is 0 Å². The fraction of sp³-hybridized carbons (Fsp3) is 0.214. The van der Waals surface area contributed by atoms with Gasteiger partial charge in [0.25, 0.3) is 0 Å². The lowest BCUT2D eigenvalue weighted by Gasteiger charge is -2.05. The Morgan fingerprint density at radius 1 is 1.33 bits per heavy atom. The first-order valence-electron chi connectivity index (χ1n) is 5.72. The zero-order chi connectivity index (χ0) is 13.1. The molecular weight excluding hydrogens is 230 g/mol. The quantitative estimate of drug-likeness (QED) is 0.664. The summed E-state index contributed by atoms with van der Waals surface area (Å²) in [4.78, 5) is 12.2. The molecule has 0 aliphatic carbocycles. The number of benzene rings is 1. The third-order valence-electron chi connectivity index (χ3n) is 2.73. The van der Waals surface area contributed by atoms with E-state index in [9.17, 15) is 4.79 Å². The van der Waals surface area contributed by atoms with Crippen LogP contribution in [0.5, 0.6) is 5.75 Å². The van der Waals surface area contributed by atoms with Crippen molar-refractivity contribution in [2.75, 3.05) is 12.8 Å². The molecule has 0 spiro atoms. The van der Waals surface area contributed by atoms with Crippen LogP contribution in [-0.4, -0.2) is 12.9 Å². The van der Waals surface area contributed by atoms with Gasteiger partial charge in [-0.15, -0.1) is 0 Å². The van der Waals surface area contributed by atoms with Crippen molar-refractivity contribution in [1.29, 1.82) is 0 Å². The molecule has 2 N–H and O–H groups in total. The SMILES string of the molecule is CCc1ccc(C(=O)c2ccc(N)c(OC)c2)o1. The van der Waals surface area contributed by atoms with Gasteiger partial charge in [-0.25, -0.2) is 0 Å². The van der Waals surface area contributed by atoms with Crippen LogP contribution < -0.4 is 10.5 Å². The van der Waals surface area contributed by atoms with Crippen LogP contribution in [0.15, 0.2) is 34.7 Å². The molecule has 0 bridgehead atoms. The van der Waals surface area contributed by atoms with Gasteiger partial charge in [-0.3, -0.25) is 4.79 Å². The van der Waals surface area contributed by atoms with E-state index < -0.39 is 0 Å². The fourth-order valence-electron chi connectivity index (χ4n) is 1.68. The largest absolute Gasteiger partial charge is 0.495 e. The Hall–Kier alpha value is -2.23. The summed E-state index contributed by atoms with van der Waals surface area (Å²) in [5.41, 5.74) is 6.71. The number of carbonyl (C=O) groups is 1. The summed E-state index contributed by atoms with van der Waals surface area (Å²) in [5.74, 6) is 1.44. The standard InChI is InChI=1S/C14H15NO3/c1-3-10-5-7-12(18-10)14(16)9-4-6-11(15)13(8-9)17-2/h4-8H,3,15H2,1-2H3. The molecule has 1 aromatic heterocycles. The number of nitrogens with two attached hydrogens (primary N) is 1. The number of methoxy groups -OCH3 is 1. The van der Waals surface area contributed by atoms with Gasteiger partial charge in [-0.2, -0.15) is 0 Å². The summed E-state index contributed by atoms with van der Waals surface area (Å²) in [6, 6.07) is 8.42. The Morgan fingerprint density at radius 2 is 2.11 bits per heavy atom. The molecule has 0 aliphatic heterocycles. The molecular formula is C14H15NO3. The lowest BCUT2D eigenvalue weighted by molar-refractivity contribution is 0.101. The van der Waals surface area contributed by atoms with Gasteiger partial charge in [-0.05, 0) is 30.3 Å². The second kappa shape index (κ2) is 4.96. The van der Waals surface area contributed by atoms with Crippen molar-refractivity contribution in [3.8, 4) is 5.75 Å². The number of nitrogen functional groups attached to an aromatic ring is 1. The molecule has 0 saturated heterocycles. The molecule has 1 aromatic carbocycles. The van der Waals surface area contributed by atoms with Crippen molar-refractivity contribution in [2.45, 2.75) is 13.3 Å². The van der Waals surface area contributed by atoms with Gasteiger partial charge in [0, 0.05) is 12.0 Å². The van der Waals surface area contributed by atoms with E-state index in [0.717, 1.165) is 12.2 Å². The number of hydrogen-bond acceptors (Lipinski definition) is 4. The highest BCUT2D eigenvalue weighted by atomic mass is 16.5. The normalized spacial score (nSPS) is 10.3. The van der Waals surface area contributed by atoms with Gasteiger partial charge >= 0.3 is 0 Å². The van der Waals surface area contributed by atoms with E-state index in [0.29, 0.717) is 22.8 Å². The van der Waals surface area contributed by atoms with Crippen molar-refractivity contribution in [3.63, 3.8) is 0 Å². The van der Waals surface area contributed by atoms with Crippen LogP contribution in [-0.2, 0) is 6.42 Å². The van der Waals surface area contributed by atoms with Crippen molar-refractivity contribution >= 4 is 11.5 Å². The van der Waals surface area contributed by atoms with Crippen molar-refractivity contribution < 1.29 is 13.9 Å². The lowest BCUT2D eigenvalue weighted by Crippen LogP contribution is -2.01. The molecule has 0 amide bonds. The topological polar surface area (TPSA) is 65.5 Å². The van der Waals surface area contributed by atoms with Gasteiger partial charge in [0.05, 0.1) is 12.8 Å². The molecule has 0 unspecified atom stereocenters.